The molecule has 4 aromatic rings. The van der Waals surface area contributed by atoms with E-state index in [1.54, 1.807) is 36.4 Å². The third kappa shape index (κ3) is 10.4. The van der Waals surface area contributed by atoms with Crippen molar-refractivity contribution < 1.29 is 24.0 Å². The maximum Gasteiger partial charge on any atom is 0.251 e. The van der Waals surface area contributed by atoms with Crippen LogP contribution in [0.15, 0.2) is 108 Å². The van der Waals surface area contributed by atoms with Gasteiger partial charge >= 0.3 is 0 Å². The van der Waals surface area contributed by atoms with Crippen LogP contribution in [0, 0.1) is 0 Å². The quantitative estimate of drug-likeness (QED) is 0.0745. The SMILES string of the molecule is NC(N)=NCCCC1NC(=O)C(Cc2ccccc2)NC(=O)C(NC(=O)c2ccccc2)CCCC(C(=O)Nc2cccc3ccccc23)NC1=O. The minimum absolute atomic E-state index is 0.104. The summed E-state index contributed by atoms with van der Waals surface area (Å²) in [5.41, 5.74) is 12.7. The van der Waals surface area contributed by atoms with Crippen LogP contribution in [0.2, 0.25) is 0 Å². The van der Waals surface area contributed by atoms with Crippen molar-refractivity contribution in [3.05, 3.63) is 114 Å². The number of carbonyl (C=O) groups excluding carboxylic acids is 5. The Bertz CT molecular complexity index is 1890. The molecular weight excluding hydrogens is 660 g/mol. The van der Waals surface area contributed by atoms with Crippen LogP contribution < -0.4 is 38.1 Å². The molecule has 0 aliphatic carbocycles. The van der Waals surface area contributed by atoms with Gasteiger partial charge in [-0.15, -0.1) is 0 Å². The lowest BCUT2D eigenvalue weighted by atomic mass is 10.0. The van der Waals surface area contributed by atoms with Gasteiger partial charge in [0.1, 0.15) is 24.2 Å². The number of aliphatic imine (C=N–C) groups is 1. The Hall–Kier alpha value is -6.24. The lowest BCUT2D eigenvalue weighted by Crippen LogP contribution is -2.58. The van der Waals surface area contributed by atoms with Gasteiger partial charge in [0.2, 0.25) is 23.6 Å². The Morgan fingerprint density at radius 1 is 0.731 bits per heavy atom. The van der Waals surface area contributed by atoms with Crippen molar-refractivity contribution in [2.45, 2.75) is 62.7 Å². The highest BCUT2D eigenvalue weighted by Gasteiger charge is 2.33. The third-order valence-corrected chi connectivity index (χ3v) is 8.82. The van der Waals surface area contributed by atoms with Crippen molar-refractivity contribution in [2.24, 2.45) is 16.5 Å². The maximum atomic E-state index is 14.0. The molecule has 52 heavy (non-hydrogen) atoms. The number of nitrogens with zero attached hydrogens (tertiary/aromatic N) is 1. The molecule has 0 radical (unpaired) electrons. The minimum Gasteiger partial charge on any atom is -0.370 e. The van der Waals surface area contributed by atoms with Gasteiger partial charge in [0.15, 0.2) is 5.96 Å². The normalized spacial score (nSPS) is 19.7. The smallest absolute Gasteiger partial charge is 0.251 e. The van der Waals surface area contributed by atoms with E-state index >= 15 is 0 Å². The Morgan fingerprint density at radius 3 is 2.13 bits per heavy atom. The van der Waals surface area contributed by atoms with Gasteiger partial charge in [-0.25, -0.2) is 0 Å². The molecule has 0 aromatic heterocycles. The van der Waals surface area contributed by atoms with Crippen LogP contribution in [0.1, 0.15) is 48.0 Å². The first-order chi connectivity index (χ1) is 25.2. The van der Waals surface area contributed by atoms with Gasteiger partial charge in [0.05, 0.1) is 0 Å². The number of fused-ring (bicyclic) bond motifs is 1. The number of carbonyl (C=O) groups is 5. The van der Waals surface area contributed by atoms with E-state index in [2.05, 4.69) is 31.6 Å². The highest BCUT2D eigenvalue weighted by molar-refractivity contribution is 6.05. The number of rotatable bonds is 10. The molecule has 0 bridgehead atoms. The van der Waals surface area contributed by atoms with Gasteiger partial charge in [-0.1, -0.05) is 84.9 Å². The molecule has 1 aliphatic heterocycles. The zero-order valence-electron chi connectivity index (χ0n) is 28.7. The van der Waals surface area contributed by atoms with Gasteiger partial charge in [0, 0.05) is 29.6 Å². The van der Waals surface area contributed by atoms with Crippen molar-refractivity contribution in [3.63, 3.8) is 0 Å². The van der Waals surface area contributed by atoms with E-state index in [0.717, 1.165) is 16.3 Å². The maximum absolute atomic E-state index is 14.0. The third-order valence-electron chi connectivity index (χ3n) is 8.82. The second-order valence-electron chi connectivity index (χ2n) is 12.7. The molecule has 270 valence electrons. The van der Waals surface area contributed by atoms with E-state index in [1.165, 1.54) is 0 Å². The number of hydrogen-bond acceptors (Lipinski definition) is 6. The van der Waals surface area contributed by atoms with Crippen LogP contribution in [-0.4, -0.2) is 66.2 Å². The van der Waals surface area contributed by atoms with Crippen molar-refractivity contribution in [1.82, 2.24) is 21.3 Å². The largest absolute Gasteiger partial charge is 0.370 e. The van der Waals surface area contributed by atoms with Crippen molar-refractivity contribution in [2.75, 3.05) is 11.9 Å². The average molecular weight is 705 g/mol. The summed E-state index contributed by atoms with van der Waals surface area (Å²) in [7, 11) is 0. The summed E-state index contributed by atoms with van der Waals surface area (Å²) in [6, 6.07) is 26.5. The number of hydrogen-bond donors (Lipinski definition) is 7. The fourth-order valence-corrected chi connectivity index (χ4v) is 6.10. The summed E-state index contributed by atoms with van der Waals surface area (Å²) in [6.45, 7) is 0.208. The summed E-state index contributed by atoms with van der Waals surface area (Å²) < 4.78 is 0. The lowest BCUT2D eigenvalue weighted by molar-refractivity contribution is -0.133. The van der Waals surface area contributed by atoms with Crippen molar-refractivity contribution in [1.29, 1.82) is 0 Å². The molecule has 1 heterocycles. The molecule has 13 nitrogen and oxygen atoms in total. The van der Waals surface area contributed by atoms with Crippen molar-refractivity contribution in [3.8, 4) is 0 Å². The fourth-order valence-electron chi connectivity index (χ4n) is 6.10. The molecule has 1 aliphatic rings. The number of nitrogens with one attached hydrogen (secondary N) is 5. The molecule has 5 rings (SSSR count). The van der Waals surface area contributed by atoms with Gasteiger partial charge in [-0.3, -0.25) is 29.0 Å². The van der Waals surface area contributed by atoms with E-state index in [1.807, 2.05) is 66.7 Å². The van der Waals surface area contributed by atoms with Gasteiger partial charge in [-0.05, 0) is 61.3 Å². The lowest BCUT2D eigenvalue weighted by Gasteiger charge is -2.25. The monoisotopic (exact) mass is 704 g/mol. The molecule has 1 saturated heterocycles. The zero-order valence-corrected chi connectivity index (χ0v) is 28.7. The first-order valence-electron chi connectivity index (χ1n) is 17.3. The van der Waals surface area contributed by atoms with Crippen LogP contribution in [0.5, 0.6) is 0 Å². The summed E-state index contributed by atoms with van der Waals surface area (Å²) in [4.78, 5) is 72.9. The van der Waals surface area contributed by atoms with Gasteiger partial charge < -0.3 is 38.1 Å². The Labute approximate surface area is 302 Å². The molecular formula is C39H44N8O5. The number of benzene rings is 4. The van der Waals surface area contributed by atoms with Gasteiger partial charge in [0.25, 0.3) is 5.91 Å². The molecule has 13 heteroatoms. The standard InChI is InChI=1S/C39H44N8O5/c40-39(41)42-23-11-22-32-36(50)45-31(35(49)43-29-19-9-17-26-14-7-8-18-28(26)29)21-10-20-30(44-34(48)27-15-5-2-6-16-27)37(51)47-33(38(52)46-32)24-25-12-3-1-4-13-25/h1-9,12-19,30-33H,10-11,20-24H2,(H,43,49)(H,44,48)(H,45,50)(H,46,52)(H,47,51)(H4,40,41,42). The molecule has 5 amide bonds. The van der Waals surface area contributed by atoms with Crippen LogP contribution >= 0.6 is 0 Å². The number of guanidine groups is 1. The van der Waals surface area contributed by atoms with Crippen LogP contribution in [0.3, 0.4) is 0 Å². The van der Waals surface area contributed by atoms with Crippen molar-refractivity contribution >= 4 is 52.0 Å². The summed E-state index contributed by atoms with van der Waals surface area (Å²) in [5, 5.41) is 16.0. The highest BCUT2D eigenvalue weighted by atomic mass is 16.2. The van der Waals surface area contributed by atoms with E-state index in [0.29, 0.717) is 17.7 Å². The fraction of sp³-hybridized carbons (Fsp3) is 0.282. The first-order valence-corrected chi connectivity index (χ1v) is 17.3. The average Bonchev–Trinajstić information content (AvgIpc) is 3.15. The topological polar surface area (TPSA) is 210 Å². The van der Waals surface area contributed by atoms with E-state index in [-0.39, 0.29) is 44.6 Å². The predicted octanol–water partition coefficient (Wildman–Crippen LogP) is 2.51. The zero-order chi connectivity index (χ0) is 36.9. The number of nitrogens with two attached hydrogens (primary N) is 2. The first kappa shape index (κ1) is 37.0. The van der Waals surface area contributed by atoms with Crippen LogP contribution in [-0.2, 0) is 25.6 Å². The highest BCUT2D eigenvalue weighted by Crippen LogP contribution is 2.23. The molecule has 9 N–H and O–H groups in total. The van der Waals surface area contributed by atoms with Crippen LogP contribution in [0.4, 0.5) is 5.69 Å². The second-order valence-corrected chi connectivity index (χ2v) is 12.7. The van der Waals surface area contributed by atoms with E-state index in [4.69, 9.17) is 11.5 Å². The Balaban J connectivity index is 1.45. The minimum atomic E-state index is -1.09. The molecule has 4 aromatic carbocycles. The molecule has 4 atom stereocenters. The summed E-state index contributed by atoms with van der Waals surface area (Å²) >= 11 is 0. The second kappa shape index (κ2) is 18.1. The molecule has 0 spiro atoms. The Kier molecular flexibility index (Phi) is 12.9. The summed E-state index contributed by atoms with van der Waals surface area (Å²) in [5.74, 6) is -2.79. The number of amides is 5. The summed E-state index contributed by atoms with van der Waals surface area (Å²) in [6.07, 6.45) is 1.13. The van der Waals surface area contributed by atoms with Gasteiger partial charge in [-0.2, -0.15) is 0 Å². The molecule has 4 unspecified atom stereocenters. The van der Waals surface area contributed by atoms with Crippen LogP contribution in [0.25, 0.3) is 10.8 Å². The number of anilines is 1. The molecule has 0 saturated carbocycles. The van der Waals surface area contributed by atoms with E-state index in [9.17, 15) is 24.0 Å². The van der Waals surface area contributed by atoms with E-state index < -0.39 is 53.7 Å². The predicted molar refractivity (Wildman–Crippen MR) is 200 cm³/mol. The molecule has 1 fully saturated rings. The Morgan fingerprint density at radius 2 is 1.38 bits per heavy atom.